The highest BCUT2D eigenvalue weighted by molar-refractivity contribution is 5.73. The Morgan fingerprint density at radius 1 is 1.11 bits per heavy atom. The summed E-state index contributed by atoms with van der Waals surface area (Å²) >= 11 is 0. The molecule has 10 heteroatoms. The van der Waals surface area contributed by atoms with E-state index in [1.165, 1.54) is 6.33 Å². The number of aromatic nitrogens is 2. The van der Waals surface area contributed by atoms with Crippen molar-refractivity contribution in [2.45, 2.75) is 19.8 Å². The number of hydrogen-bond acceptors (Lipinski definition) is 9. The second-order valence-corrected chi connectivity index (χ2v) is 7.94. The molecule has 4 rings (SSSR count). The third-order valence-electron chi connectivity index (χ3n) is 5.78. The Labute approximate surface area is 201 Å². The van der Waals surface area contributed by atoms with Crippen molar-refractivity contribution in [2.75, 3.05) is 24.6 Å². The fraction of sp³-hybridized carbons (Fsp3) is 0.280. The molecule has 2 aromatic carbocycles. The van der Waals surface area contributed by atoms with Gasteiger partial charge in [0.2, 0.25) is 5.82 Å². The van der Waals surface area contributed by atoms with Gasteiger partial charge in [-0.25, -0.2) is 4.98 Å². The van der Waals surface area contributed by atoms with Gasteiger partial charge >= 0.3 is 17.5 Å². The lowest BCUT2D eigenvalue weighted by Crippen LogP contribution is -2.37. The fourth-order valence-electron chi connectivity index (χ4n) is 3.97. The summed E-state index contributed by atoms with van der Waals surface area (Å²) in [5.74, 6) is -0.0680. The number of rotatable bonds is 7. The monoisotopic (exact) mass is 473 g/mol. The highest BCUT2D eigenvalue weighted by atomic mass is 16.6. The molecule has 1 aromatic heterocycles. The van der Waals surface area contributed by atoms with Gasteiger partial charge in [0, 0.05) is 13.1 Å². The number of esters is 1. The topological polar surface area (TPSA) is 131 Å². The van der Waals surface area contributed by atoms with Crippen LogP contribution in [0, 0.1) is 27.4 Å². The molecule has 0 aliphatic carbocycles. The van der Waals surface area contributed by atoms with Crippen molar-refractivity contribution >= 4 is 17.5 Å². The maximum Gasteiger partial charge on any atom is 0.373 e. The number of ether oxygens (including phenoxy) is 2. The quantitative estimate of drug-likeness (QED) is 0.276. The van der Waals surface area contributed by atoms with Crippen LogP contribution in [0.4, 0.5) is 11.5 Å². The first kappa shape index (κ1) is 23.6. The van der Waals surface area contributed by atoms with Crippen molar-refractivity contribution in [3.8, 4) is 28.8 Å². The van der Waals surface area contributed by atoms with Gasteiger partial charge in [0.05, 0.1) is 29.1 Å². The minimum Gasteiger partial charge on any atom is -0.466 e. The van der Waals surface area contributed by atoms with E-state index in [0.717, 1.165) is 11.1 Å². The lowest BCUT2D eigenvalue weighted by Gasteiger charge is -2.31. The number of nitrogens with zero attached hydrogens (tertiary/aromatic N) is 5. The predicted molar refractivity (Wildman–Crippen MR) is 127 cm³/mol. The van der Waals surface area contributed by atoms with E-state index in [-0.39, 0.29) is 29.3 Å². The molecular formula is C25H23N5O5. The summed E-state index contributed by atoms with van der Waals surface area (Å²) in [6.45, 7) is 2.95. The van der Waals surface area contributed by atoms with Crippen LogP contribution in [0.3, 0.4) is 0 Å². The molecule has 1 fully saturated rings. The number of hydrogen-bond donors (Lipinski definition) is 0. The van der Waals surface area contributed by atoms with Crippen molar-refractivity contribution in [3.05, 3.63) is 70.5 Å². The largest absolute Gasteiger partial charge is 0.466 e. The Kier molecular flexibility index (Phi) is 7.16. The Morgan fingerprint density at radius 3 is 2.31 bits per heavy atom. The second kappa shape index (κ2) is 10.6. The van der Waals surface area contributed by atoms with Crippen LogP contribution in [0.1, 0.15) is 25.3 Å². The highest BCUT2D eigenvalue weighted by Crippen LogP contribution is 2.38. The molecule has 10 nitrogen and oxygen atoms in total. The Hall–Kier alpha value is -4.52. The van der Waals surface area contributed by atoms with Crippen molar-refractivity contribution in [1.82, 2.24) is 9.97 Å². The molecular weight excluding hydrogens is 450 g/mol. The SMILES string of the molecule is CCOC(=O)C1CCN(c2ncnc(Oc3ccc(-c4ccc(C#N)cc4)cc3)c2[N+](=O)[O-])CC1. The minimum atomic E-state index is -0.548. The zero-order valence-corrected chi connectivity index (χ0v) is 19.1. The number of anilines is 1. The standard InChI is InChI=1S/C25H23N5O5/c1-2-34-25(31)20-11-13-29(14-12-20)23-22(30(32)33)24(28-16-27-23)35-21-9-7-19(8-10-21)18-5-3-17(15-26)4-6-18/h3-10,16,20H,2,11-14H2,1H3. The zero-order valence-electron chi connectivity index (χ0n) is 19.1. The highest BCUT2D eigenvalue weighted by Gasteiger charge is 2.33. The number of carbonyl (C=O) groups excluding carboxylic acids is 1. The number of nitro groups is 1. The molecule has 0 N–H and O–H groups in total. The number of piperidine rings is 1. The molecule has 2 heterocycles. The van der Waals surface area contributed by atoms with Gasteiger partial charge in [0.25, 0.3) is 0 Å². The molecule has 1 aliphatic rings. The zero-order chi connectivity index (χ0) is 24.8. The number of carbonyl (C=O) groups is 1. The summed E-state index contributed by atoms with van der Waals surface area (Å²) in [5.41, 5.74) is 2.09. The van der Waals surface area contributed by atoms with Gasteiger partial charge in [-0.3, -0.25) is 14.9 Å². The van der Waals surface area contributed by atoms with Crippen LogP contribution in [-0.4, -0.2) is 40.6 Å². The van der Waals surface area contributed by atoms with Crippen LogP contribution in [0.2, 0.25) is 0 Å². The van der Waals surface area contributed by atoms with Gasteiger partial charge in [-0.15, -0.1) is 0 Å². The van der Waals surface area contributed by atoms with E-state index in [2.05, 4.69) is 16.0 Å². The second-order valence-electron chi connectivity index (χ2n) is 7.94. The Balaban J connectivity index is 1.52. The average Bonchev–Trinajstić information content (AvgIpc) is 2.89. The van der Waals surface area contributed by atoms with Crippen LogP contribution in [0.15, 0.2) is 54.9 Å². The van der Waals surface area contributed by atoms with E-state index < -0.39 is 4.92 Å². The number of benzene rings is 2. The van der Waals surface area contributed by atoms with E-state index in [1.54, 1.807) is 36.1 Å². The first-order chi connectivity index (χ1) is 17.0. The average molecular weight is 473 g/mol. The molecule has 3 aromatic rings. The van der Waals surface area contributed by atoms with Crippen LogP contribution < -0.4 is 9.64 Å². The van der Waals surface area contributed by atoms with E-state index in [1.807, 2.05) is 24.3 Å². The van der Waals surface area contributed by atoms with Gasteiger partial charge < -0.3 is 14.4 Å². The summed E-state index contributed by atoms with van der Waals surface area (Å²) in [4.78, 5) is 33.3. The van der Waals surface area contributed by atoms with E-state index in [4.69, 9.17) is 14.7 Å². The van der Waals surface area contributed by atoms with Gasteiger partial charge in [0.1, 0.15) is 12.1 Å². The molecule has 1 saturated heterocycles. The van der Waals surface area contributed by atoms with Gasteiger partial charge in [-0.1, -0.05) is 24.3 Å². The molecule has 0 unspecified atom stereocenters. The van der Waals surface area contributed by atoms with E-state index in [9.17, 15) is 14.9 Å². The molecule has 35 heavy (non-hydrogen) atoms. The predicted octanol–water partition coefficient (Wildman–Crippen LogP) is 4.50. The van der Waals surface area contributed by atoms with E-state index in [0.29, 0.717) is 43.9 Å². The minimum absolute atomic E-state index is 0.154. The smallest absolute Gasteiger partial charge is 0.373 e. The Morgan fingerprint density at radius 2 is 1.74 bits per heavy atom. The number of nitriles is 1. The van der Waals surface area contributed by atoms with E-state index >= 15 is 0 Å². The fourth-order valence-corrected chi connectivity index (χ4v) is 3.97. The molecule has 0 saturated carbocycles. The lowest BCUT2D eigenvalue weighted by atomic mass is 9.97. The van der Waals surface area contributed by atoms with Gasteiger partial charge in [0.15, 0.2) is 0 Å². The van der Waals surface area contributed by atoms with Crippen LogP contribution in [-0.2, 0) is 9.53 Å². The van der Waals surface area contributed by atoms with Crippen molar-refractivity contribution < 1.29 is 19.2 Å². The van der Waals surface area contributed by atoms with Gasteiger partial charge in [-0.2, -0.15) is 10.2 Å². The van der Waals surface area contributed by atoms with Crippen LogP contribution >= 0.6 is 0 Å². The third kappa shape index (κ3) is 5.35. The summed E-state index contributed by atoms with van der Waals surface area (Å²) < 4.78 is 10.9. The molecule has 0 spiro atoms. The molecule has 178 valence electrons. The first-order valence-corrected chi connectivity index (χ1v) is 11.2. The summed E-state index contributed by atoms with van der Waals surface area (Å²) in [6, 6.07) is 16.3. The van der Waals surface area contributed by atoms with Crippen molar-refractivity contribution in [1.29, 1.82) is 5.26 Å². The lowest BCUT2D eigenvalue weighted by molar-refractivity contribution is -0.385. The van der Waals surface area contributed by atoms with Crippen molar-refractivity contribution in [3.63, 3.8) is 0 Å². The molecule has 1 aliphatic heterocycles. The van der Waals surface area contributed by atoms with Crippen LogP contribution in [0.5, 0.6) is 11.6 Å². The van der Waals surface area contributed by atoms with Crippen molar-refractivity contribution in [2.24, 2.45) is 5.92 Å². The molecule has 0 amide bonds. The molecule has 0 radical (unpaired) electrons. The summed E-state index contributed by atoms with van der Waals surface area (Å²) in [7, 11) is 0. The summed E-state index contributed by atoms with van der Waals surface area (Å²) in [6.07, 6.45) is 2.28. The molecule has 0 bridgehead atoms. The maximum absolute atomic E-state index is 12.0. The third-order valence-corrected chi connectivity index (χ3v) is 5.78. The first-order valence-electron chi connectivity index (χ1n) is 11.2. The normalized spacial score (nSPS) is 13.7. The molecule has 0 atom stereocenters. The Bertz CT molecular complexity index is 1250. The summed E-state index contributed by atoms with van der Waals surface area (Å²) in [5, 5.41) is 20.9. The maximum atomic E-state index is 12.0. The van der Waals surface area contributed by atoms with Gasteiger partial charge in [-0.05, 0) is 55.2 Å². The van der Waals surface area contributed by atoms with Crippen LogP contribution in [0.25, 0.3) is 11.1 Å².